The van der Waals surface area contributed by atoms with E-state index in [9.17, 15) is 0 Å². The summed E-state index contributed by atoms with van der Waals surface area (Å²) < 4.78 is 2.08. The number of rotatable bonds is 4. The third kappa shape index (κ3) is 2.34. The third-order valence-electron chi connectivity index (χ3n) is 2.70. The summed E-state index contributed by atoms with van der Waals surface area (Å²) in [6.45, 7) is 2.63. The summed E-state index contributed by atoms with van der Waals surface area (Å²) in [6.07, 6.45) is 2.02. The maximum atomic E-state index is 4.63. The van der Waals surface area contributed by atoms with E-state index in [1.165, 1.54) is 11.8 Å². The molecule has 3 aromatic rings. The van der Waals surface area contributed by atoms with Gasteiger partial charge in [-0.15, -0.1) is 5.10 Å². The number of imidazole rings is 1. The lowest BCUT2D eigenvalue weighted by Gasteiger charge is -2.02. The second kappa shape index (κ2) is 5.02. The second-order valence-electron chi connectivity index (χ2n) is 4.13. The van der Waals surface area contributed by atoms with Crippen LogP contribution in [-0.4, -0.2) is 31.6 Å². The molecule has 2 N–H and O–H groups in total. The largest absolute Gasteiger partial charge is 0.314 e. The van der Waals surface area contributed by atoms with Crippen LogP contribution < -0.4 is 5.32 Å². The molecule has 0 fully saturated rings. The van der Waals surface area contributed by atoms with Crippen LogP contribution in [0.3, 0.4) is 0 Å². The van der Waals surface area contributed by atoms with Crippen LogP contribution in [0.4, 0.5) is 0 Å². The lowest BCUT2D eigenvalue weighted by molar-refractivity contribution is 0.763. The molecule has 0 unspecified atom stereocenters. The van der Waals surface area contributed by atoms with Crippen molar-refractivity contribution >= 4 is 17.4 Å². The van der Waals surface area contributed by atoms with Gasteiger partial charge in [-0.05, 0) is 37.9 Å². The van der Waals surface area contributed by atoms with E-state index in [4.69, 9.17) is 0 Å². The monoisotopic (exact) mass is 274 g/mol. The van der Waals surface area contributed by atoms with Crippen molar-refractivity contribution < 1.29 is 0 Å². The van der Waals surface area contributed by atoms with Gasteiger partial charge in [-0.3, -0.25) is 5.10 Å². The fraction of sp³-hybridized carbons (Fsp3) is 0.250. The van der Waals surface area contributed by atoms with Crippen LogP contribution in [0.15, 0.2) is 34.6 Å². The number of H-pyrrole nitrogens is 1. The van der Waals surface area contributed by atoms with Crippen LogP contribution in [0.25, 0.3) is 5.65 Å². The Morgan fingerprint density at radius 3 is 3.00 bits per heavy atom. The van der Waals surface area contributed by atoms with E-state index >= 15 is 0 Å². The Kier molecular flexibility index (Phi) is 3.22. The Morgan fingerprint density at radius 1 is 1.37 bits per heavy atom. The van der Waals surface area contributed by atoms with Crippen LogP contribution in [0.1, 0.15) is 11.5 Å². The summed E-state index contributed by atoms with van der Waals surface area (Å²) in [4.78, 5) is 8.93. The van der Waals surface area contributed by atoms with Gasteiger partial charge in [0.1, 0.15) is 16.5 Å². The van der Waals surface area contributed by atoms with Crippen molar-refractivity contribution in [2.45, 2.75) is 23.7 Å². The molecule has 0 bridgehead atoms. The quantitative estimate of drug-likeness (QED) is 0.756. The molecule has 6 nitrogen and oxygen atoms in total. The minimum absolute atomic E-state index is 0.693. The zero-order valence-electron chi connectivity index (χ0n) is 10.7. The van der Waals surface area contributed by atoms with Crippen LogP contribution in [-0.2, 0) is 6.54 Å². The molecule has 0 saturated heterocycles. The minimum Gasteiger partial charge on any atom is -0.314 e. The molecule has 7 heteroatoms. The van der Waals surface area contributed by atoms with E-state index in [2.05, 4.69) is 29.9 Å². The van der Waals surface area contributed by atoms with Crippen molar-refractivity contribution in [2.24, 2.45) is 0 Å². The zero-order chi connectivity index (χ0) is 13.2. The minimum atomic E-state index is 0.693. The Bertz CT molecular complexity index is 701. The van der Waals surface area contributed by atoms with Gasteiger partial charge < -0.3 is 9.72 Å². The van der Waals surface area contributed by atoms with Crippen molar-refractivity contribution in [1.82, 2.24) is 29.9 Å². The van der Waals surface area contributed by atoms with Gasteiger partial charge in [0.2, 0.25) is 5.16 Å². The number of nitrogens with zero attached hydrogens (tertiary/aromatic N) is 4. The Hall–Kier alpha value is -1.86. The van der Waals surface area contributed by atoms with Crippen molar-refractivity contribution in [3.05, 3.63) is 35.9 Å². The first-order valence-electron chi connectivity index (χ1n) is 5.95. The summed E-state index contributed by atoms with van der Waals surface area (Å²) in [7, 11) is 1.92. The van der Waals surface area contributed by atoms with Crippen LogP contribution in [0.5, 0.6) is 0 Å². The lowest BCUT2D eigenvalue weighted by Crippen LogP contribution is -2.08. The van der Waals surface area contributed by atoms with E-state index in [0.717, 1.165) is 28.7 Å². The number of nitrogens with one attached hydrogen (secondary N) is 2. The molecule has 0 amide bonds. The molecule has 0 atom stereocenters. The molecular formula is C12H14N6S. The van der Waals surface area contributed by atoms with Crippen molar-refractivity contribution in [1.29, 1.82) is 0 Å². The number of hydrogen-bond donors (Lipinski definition) is 2. The number of aromatic amines is 1. The highest BCUT2D eigenvalue weighted by Crippen LogP contribution is 2.28. The first-order chi connectivity index (χ1) is 9.28. The average Bonchev–Trinajstić information content (AvgIpc) is 2.96. The summed E-state index contributed by atoms with van der Waals surface area (Å²) in [5.41, 5.74) is 2.05. The second-order valence-corrected chi connectivity index (χ2v) is 5.08. The zero-order valence-corrected chi connectivity index (χ0v) is 11.5. The standard InChI is InChI=1S/C12H14N6S/c1-8-14-12(17-16-8)19-11-9(7-13-2)18-6-4-3-5-10(18)15-11/h3-6,13H,7H2,1-2H3,(H,14,16,17). The van der Waals surface area contributed by atoms with Gasteiger partial charge in [0.15, 0.2) is 0 Å². The number of aromatic nitrogens is 5. The molecule has 0 aliphatic carbocycles. The highest BCUT2D eigenvalue weighted by molar-refractivity contribution is 7.99. The molecule has 0 radical (unpaired) electrons. The molecule has 98 valence electrons. The molecule has 0 aliphatic rings. The predicted molar refractivity (Wildman–Crippen MR) is 73.2 cm³/mol. The fourth-order valence-electron chi connectivity index (χ4n) is 1.89. The Labute approximate surface area is 114 Å². The van der Waals surface area contributed by atoms with E-state index < -0.39 is 0 Å². The Balaban J connectivity index is 2.04. The predicted octanol–water partition coefficient (Wildman–Crippen LogP) is 1.63. The molecule has 3 rings (SSSR count). The number of hydrogen-bond acceptors (Lipinski definition) is 5. The maximum absolute atomic E-state index is 4.63. The summed E-state index contributed by atoms with van der Waals surface area (Å²) in [5, 5.41) is 11.8. The summed E-state index contributed by atoms with van der Waals surface area (Å²) in [5.74, 6) is 0.807. The van der Waals surface area contributed by atoms with Gasteiger partial charge >= 0.3 is 0 Å². The van der Waals surface area contributed by atoms with Gasteiger partial charge in [0, 0.05) is 12.7 Å². The molecule has 19 heavy (non-hydrogen) atoms. The fourth-order valence-corrected chi connectivity index (χ4v) is 2.76. The van der Waals surface area contributed by atoms with Crippen molar-refractivity contribution in [3.63, 3.8) is 0 Å². The molecule has 0 aromatic carbocycles. The molecular weight excluding hydrogens is 260 g/mol. The molecule has 0 aliphatic heterocycles. The van der Waals surface area contributed by atoms with Gasteiger partial charge in [-0.25, -0.2) is 9.97 Å². The normalized spacial score (nSPS) is 11.3. The number of fused-ring (bicyclic) bond motifs is 1. The van der Waals surface area contributed by atoms with Gasteiger partial charge in [-0.2, -0.15) is 0 Å². The molecule has 3 heterocycles. The molecule has 0 spiro atoms. The van der Waals surface area contributed by atoms with Crippen molar-refractivity contribution in [3.8, 4) is 0 Å². The van der Waals surface area contributed by atoms with Crippen LogP contribution in [0, 0.1) is 6.92 Å². The SMILES string of the molecule is CNCc1c(Sc2n[nH]c(C)n2)nc2ccccn12. The van der Waals surface area contributed by atoms with Crippen LogP contribution >= 0.6 is 11.8 Å². The van der Waals surface area contributed by atoms with Gasteiger partial charge in [0.25, 0.3) is 0 Å². The van der Waals surface area contributed by atoms with E-state index in [-0.39, 0.29) is 0 Å². The van der Waals surface area contributed by atoms with Gasteiger partial charge in [0.05, 0.1) is 5.69 Å². The smallest absolute Gasteiger partial charge is 0.214 e. The number of aryl methyl sites for hydroxylation is 1. The summed E-state index contributed by atoms with van der Waals surface area (Å²) in [6, 6.07) is 5.97. The number of pyridine rings is 1. The van der Waals surface area contributed by atoms with Crippen LogP contribution in [0.2, 0.25) is 0 Å². The first kappa shape index (κ1) is 12.2. The van der Waals surface area contributed by atoms with E-state index in [1.807, 2.05) is 38.4 Å². The van der Waals surface area contributed by atoms with Gasteiger partial charge in [-0.1, -0.05) is 6.07 Å². The van der Waals surface area contributed by atoms with Crippen molar-refractivity contribution in [2.75, 3.05) is 7.05 Å². The topological polar surface area (TPSA) is 70.9 Å². The van der Waals surface area contributed by atoms with E-state index in [0.29, 0.717) is 5.16 Å². The third-order valence-corrected chi connectivity index (χ3v) is 3.59. The lowest BCUT2D eigenvalue weighted by atomic mass is 10.4. The highest BCUT2D eigenvalue weighted by Gasteiger charge is 2.14. The maximum Gasteiger partial charge on any atom is 0.214 e. The summed E-state index contributed by atoms with van der Waals surface area (Å²) >= 11 is 1.48. The molecule has 3 aromatic heterocycles. The molecule has 0 saturated carbocycles. The Morgan fingerprint density at radius 2 is 2.26 bits per heavy atom. The van der Waals surface area contributed by atoms with E-state index in [1.54, 1.807) is 0 Å². The first-order valence-corrected chi connectivity index (χ1v) is 6.77. The average molecular weight is 274 g/mol. The highest BCUT2D eigenvalue weighted by atomic mass is 32.2.